The molecule has 0 aliphatic carbocycles. The predicted octanol–water partition coefficient (Wildman–Crippen LogP) is 1.70. The summed E-state index contributed by atoms with van der Waals surface area (Å²) in [6, 6.07) is 4.37. The molecule has 17 heavy (non-hydrogen) atoms. The molecule has 2 aliphatic heterocycles. The van der Waals surface area contributed by atoms with Crippen LogP contribution < -0.4 is 5.32 Å². The Labute approximate surface area is 107 Å². The van der Waals surface area contributed by atoms with E-state index in [-0.39, 0.29) is 5.60 Å². The molecule has 0 radical (unpaired) electrons. The monoisotopic (exact) mass is 252 g/mol. The Hall–Kier alpha value is -0.420. The lowest BCUT2D eigenvalue weighted by Gasteiger charge is -2.45. The van der Waals surface area contributed by atoms with E-state index in [1.165, 1.54) is 4.88 Å². The van der Waals surface area contributed by atoms with Crippen LogP contribution in [0.25, 0.3) is 0 Å². The normalized spacial score (nSPS) is 25.2. The first kappa shape index (κ1) is 11.7. The number of rotatable bonds is 2. The molecule has 1 aromatic heterocycles. The number of ether oxygens (including phenoxy) is 1. The number of nitrogens with one attached hydrogen (secondary N) is 1. The third-order valence-corrected chi connectivity index (χ3v) is 4.66. The quantitative estimate of drug-likeness (QED) is 0.867. The molecule has 3 rings (SSSR count). The summed E-state index contributed by atoms with van der Waals surface area (Å²) in [5.74, 6) is 0. The molecule has 94 valence electrons. The highest BCUT2D eigenvalue weighted by atomic mass is 32.1. The van der Waals surface area contributed by atoms with Crippen LogP contribution in [-0.2, 0) is 11.3 Å². The molecule has 4 heteroatoms. The Balaban J connectivity index is 1.62. The van der Waals surface area contributed by atoms with Gasteiger partial charge in [0.25, 0.3) is 0 Å². The van der Waals surface area contributed by atoms with E-state index in [2.05, 4.69) is 27.7 Å². The average molecular weight is 252 g/mol. The van der Waals surface area contributed by atoms with E-state index >= 15 is 0 Å². The molecule has 3 heterocycles. The third kappa shape index (κ3) is 2.71. The van der Waals surface area contributed by atoms with Crippen LogP contribution in [-0.4, -0.2) is 43.3 Å². The van der Waals surface area contributed by atoms with Crippen LogP contribution in [0, 0.1) is 0 Å². The second kappa shape index (κ2) is 5.06. The Morgan fingerprint density at radius 3 is 3.06 bits per heavy atom. The van der Waals surface area contributed by atoms with Crippen LogP contribution in [0.1, 0.15) is 17.7 Å². The Morgan fingerprint density at radius 1 is 1.41 bits per heavy atom. The van der Waals surface area contributed by atoms with E-state index in [9.17, 15) is 0 Å². The van der Waals surface area contributed by atoms with Gasteiger partial charge in [0, 0.05) is 24.5 Å². The van der Waals surface area contributed by atoms with Crippen LogP contribution in [0.3, 0.4) is 0 Å². The SMILES string of the molecule is c1csc(CN2CCOC3(CCNCC3)C2)c1. The highest BCUT2D eigenvalue weighted by Crippen LogP contribution is 2.28. The van der Waals surface area contributed by atoms with Crippen molar-refractivity contribution in [1.29, 1.82) is 0 Å². The first-order chi connectivity index (χ1) is 8.36. The highest BCUT2D eigenvalue weighted by molar-refractivity contribution is 7.09. The van der Waals surface area contributed by atoms with Crippen molar-refractivity contribution in [3.05, 3.63) is 22.4 Å². The summed E-state index contributed by atoms with van der Waals surface area (Å²) < 4.78 is 6.08. The topological polar surface area (TPSA) is 24.5 Å². The number of thiophene rings is 1. The van der Waals surface area contributed by atoms with Gasteiger partial charge in [0.05, 0.1) is 12.2 Å². The molecule has 2 saturated heterocycles. The molecular formula is C13H20N2OS. The lowest BCUT2D eigenvalue weighted by molar-refractivity contribution is -0.125. The van der Waals surface area contributed by atoms with E-state index in [1.54, 1.807) is 0 Å². The molecule has 1 aromatic rings. The molecule has 1 spiro atoms. The molecule has 0 bridgehead atoms. The Morgan fingerprint density at radius 2 is 2.29 bits per heavy atom. The van der Waals surface area contributed by atoms with Crippen molar-refractivity contribution in [3.8, 4) is 0 Å². The fourth-order valence-corrected chi connectivity index (χ4v) is 3.61. The fourth-order valence-electron chi connectivity index (χ4n) is 2.87. The van der Waals surface area contributed by atoms with Crippen molar-refractivity contribution in [2.45, 2.75) is 25.0 Å². The summed E-state index contributed by atoms with van der Waals surface area (Å²) in [4.78, 5) is 4.02. The zero-order valence-electron chi connectivity index (χ0n) is 10.2. The molecule has 1 N–H and O–H groups in total. The summed E-state index contributed by atoms with van der Waals surface area (Å²) in [7, 11) is 0. The lowest BCUT2D eigenvalue weighted by Crippen LogP contribution is -2.55. The van der Waals surface area contributed by atoms with Gasteiger partial charge in [-0.1, -0.05) is 6.07 Å². The summed E-state index contributed by atoms with van der Waals surface area (Å²) in [6.45, 7) is 6.38. The minimum atomic E-state index is 0.140. The smallest absolute Gasteiger partial charge is 0.0833 e. The highest BCUT2D eigenvalue weighted by Gasteiger charge is 2.37. The number of nitrogens with zero attached hydrogens (tertiary/aromatic N) is 1. The zero-order chi connectivity index (χ0) is 11.6. The van der Waals surface area contributed by atoms with Gasteiger partial charge in [0.2, 0.25) is 0 Å². The van der Waals surface area contributed by atoms with E-state index < -0.39 is 0 Å². The summed E-state index contributed by atoms with van der Waals surface area (Å²) in [6.07, 6.45) is 2.32. The van der Waals surface area contributed by atoms with Crippen LogP contribution >= 0.6 is 11.3 Å². The number of hydrogen-bond donors (Lipinski definition) is 1. The van der Waals surface area contributed by atoms with Crippen molar-refractivity contribution in [2.24, 2.45) is 0 Å². The molecular weight excluding hydrogens is 232 g/mol. The lowest BCUT2D eigenvalue weighted by atomic mass is 9.90. The molecule has 2 fully saturated rings. The maximum absolute atomic E-state index is 6.08. The zero-order valence-corrected chi connectivity index (χ0v) is 11.0. The van der Waals surface area contributed by atoms with E-state index in [4.69, 9.17) is 4.74 Å². The molecule has 0 atom stereocenters. The van der Waals surface area contributed by atoms with E-state index in [0.29, 0.717) is 0 Å². The van der Waals surface area contributed by atoms with E-state index in [0.717, 1.165) is 52.2 Å². The average Bonchev–Trinajstić information content (AvgIpc) is 2.83. The molecule has 3 nitrogen and oxygen atoms in total. The summed E-state index contributed by atoms with van der Waals surface area (Å²) >= 11 is 1.86. The van der Waals surface area contributed by atoms with Crippen molar-refractivity contribution in [3.63, 3.8) is 0 Å². The van der Waals surface area contributed by atoms with Gasteiger partial charge in [-0.15, -0.1) is 11.3 Å². The second-order valence-corrected chi connectivity index (χ2v) is 6.10. The van der Waals surface area contributed by atoms with Gasteiger partial charge in [-0.25, -0.2) is 0 Å². The maximum atomic E-state index is 6.08. The largest absolute Gasteiger partial charge is 0.372 e. The first-order valence-electron chi connectivity index (χ1n) is 6.46. The van der Waals surface area contributed by atoms with Crippen LogP contribution in [0.4, 0.5) is 0 Å². The van der Waals surface area contributed by atoms with Crippen molar-refractivity contribution in [1.82, 2.24) is 10.2 Å². The molecule has 0 amide bonds. The maximum Gasteiger partial charge on any atom is 0.0833 e. The Kier molecular flexibility index (Phi) is 3.47. The van der Waals surface area contributed by atoms with Gasteiger partial charge in [0.1, 0.15) is 0 Å². The minimum absolute atomic E-state index is 0.140. The first-order valence-corrected chi connectivity index (χ1v) is 7.34. The molecule has 2 aliphatic rings. The van der Waals surface area contributed by atoms with Crippen LogP contribution in [0.5, 0.6) is 0 Å². The minimum Gasteiger partial charge on any atom is -0.372 e. The van der Waals surface area contributed by atoms with Gasteiger partial charge in [-0.3, -0.25) is 4.90 Å². The number of piperidine rings is 1. The number of morpholine rings is 1. The van der Waals surface area contributed by atoms with Gasteiger partial charge < -0.3 is 10.1 Å². The van der Waals surface area contributed by atoms with Crippen LogP contribution in [0.2, 0.25) is 0 Å². The molecule has 0 saturated carbocycles. The predicted molar refractivity (Wildman–Crippen MR) is 70.4 cm³/mol. The van der Waals surface area contributed by atoms with Crippen LogP contribution in [0.15, 0.2) is 17.5 Å². The van der Waals surface area contributed by atoms with Gasteiger partial charge in [-0.2, -0.15) is 0 Å². The summed E-state index contributed by atoms with van der Waals surface area (Å²) in [5, 5.41) is 5.58. The standard InChI is InChI=1S/C13H20N2OS/c1-2-12(17-9-1)10-15-7-8-16-13(11-15)3-5-14-6-4-13/h1-2,9,14H,3-8,10-11H2. The van der Waals surface area contributed by atoms with Crippen molar-refractivity contribution < 1.29 is 4.74 Å². The molecule has 0 unspecified atom stereocenters. The number of hydrogen-bond acceptors (Lipinski definition) is 4. The molecule has 0 aromatic carbocycles. The van der Waals surface area contributed by atoms with Gasteiger partial charge >= 0.3 is 0 Å². The van der Waals surface area contributed by atoms with Gasteiger partial charge in [-0.05, 0) is 37.4 Å². The third-order valence-electron chi connectivity index (χ3n) is 3.80. The fraction of sp³-hybridized carbons (Fsp3) is 0.692. The van der Waals surface area contributed by atoms with Crippen molar-refractivity contribution in [2.75, 3.05) is 32.8 Å². The Bertz CT molecular complexity index is 341. The summed E-state index contributed by atoms with van der Waals surface area (Å²) in [5.41, 5.74) is 0.140. The van der Waals surface area contributed by atoms with Crippen molar-refractivity contribution >= 4 is 11.3 Å². The second-order valence-electron chi connectivity index (χ2n) is 5.07. The van der Waals surface area contributed by atoms with Gasteiger partial charge in [0.15, 0.2) is 0 Å². The van der Waals surface area contributed by atoms with E-state index in [1.807, 2.05) is 11.3 Å².